The van der Waals surface area contributed by atoms with Gasteiger partial charge in [-0.05, 0) is 6.92 Å². The van der Waals surface area contributed by atoms with Crippen LogP contribution in [0, 0.1) is 0 Å². The van der Waals surface area contributed by atoms with Gasteiger partial charge >= 0.3 is 0 Å². The van der Waals surface area contributed by atoms with Crippen molar-refractivity contribution in [2.45, 2.75) is 19.5 Å². The van der Waals surface area contributed by atoms with Gasteiger partial charge in [0.2, 0.25) is 0 Å². The minimum absolute atomic E-state index is 0.296. The Morgan fingerprint density at radius 3 is 2.60 bits per heavy atom. The predicted octanol–water partition coefficient (Wildman–Crippen LogP) is -0.286. The molecular formula is C6H12O4. The number of rotatable bonds is 2. The summed E-state index contributed by atoms with van der Waals surface area (Å²) in [5, 5.41) is 8.89. The molecule has 1 N–H and O–H groups in total. The number of aliphatic hydroxyl groups is 1. The molecule has 1 saturated heterocycles. The molecule has 0 bridgehead atoms. The van der Waals surface area contributed by atoms with E-state index in [0.29, 0.717) is 19.8 Å². The molecule has 0 amide bonds. The third-order valence-electron chi connectivity index (χ3n) is 1.15. The maximum absolute atomic E-state index is 8.89. The van der Waals surface area contributed by atoms with E-state index >= 15 is 0 Å². The van der Waals surface area contributed by atoms with Crippen LogP contribution in [0.5, 0.6) is 0 Å². The molecule has 1 fully saturated rings. The Labute approximate surface area is 59.7 Å². The van der Waals surface area contributed by atoms with Gasteiger partial charge < -0.3 is 19.3 Å². The van der Waals surface area contributed by atoms with Gasteiger partial charge in [-0.2, -0.15) is 0 Å². The highest BCUT2D eigenvalue weighted by Crippen LogP contribution is 2.05. The van der Waals surface area contributed by atoms with Gasteiger partial charge in [-0.15, -0.1) is 0 Å². The lowest BCUT2D eigenvalue weighted by Gasteiger charge is -2.25. The molecule has 0 unspecified atom stereocenters. The molecule has 0 spiro atoms. The van der Waals surface area contributed by atoms with Crippen LogP contribution in [0.3, 0.4) is 0 Å². The van der Waals surface area contributed by atoms with Crippen molar-refractivity contribution in [2.24, 2.45) is 0 Å². The highest BCUT2D eigenvalue weighted by atomic mass is 16.9. The van der Waals surface area contributed by atoms with E-state index in [1.165, 1.54) is 0 Å². The summed E-state index contributed by atoms with van der Waals surface area (Å²) in [5.41, 5.74) is 0. The van der Waals surface area contributed by atoms with Crippen LogP contribution >= 0.6 is 0 Å². The quantitative estimate of drug-likeness (QED) is 0.584. The van der Waals surface area contributed by atoms with Crippen molar-refractivity contribution >= 4 is 0 Å². The minimum atomic E-state index is -0.576. The third-order valence-corrected chi connectivity index (χ3v) is 1.15. The van der Waals surface area contributed by atoms with Gasteiger partial charge in [0.15, 0.2) is 0 Å². The van der Waals surface area contributed by atoms with Crippen molar-refractivity contribution in [1.29, 1.82) is 0 Å². The molecule has 0 aromatic heterocycles. The Morgan fingerprint density at radius 2 is 2.10 bits per heavy atom. The average Bonchev–Trinajstić information content (AvgIpc) is 1.95. The van der Waals surface area contributed by atoms with Crippen LogP contribution in [0.15, 0.2) is 0 Å². The molecule has 1 rings (SSSR count). The Balaban J connectivity index is 2.13. The maximum Gasteiger partial charge on any atom is 0.271 e. The molecule has 10 heavy (non-hydrogen) atoms. The molecule has 1 aliphatic rings. The van der Waals surface area contributed by atoms with Crippen molar-refractivity contribution in [2.75, 3.05) is 19.8 Å². The lowest BCUT2D eigenvalue weighted by Crippen LogP contribution is -2.36. The third kappa shape index (κ3) is 2.22. The predicted molar refractivity (Wildman–Crippen MR) is 33.3 cm³/mol. The lowest BCUT2D eigenvalue weighted by molar-refractivity contribution is -0.326. The molecule has 4 heteroatoms. The number of hydrogen-bond donors (Lipinski definition) is 1. The van der Waals surface area contributed by atoms with Gasteiger partial charge in [-0.25, -0.2) is 0 Å². The zero-order chi connectivity index (χ0) is 7.40. The first kappa shape index (κ1) is 7.94. The van der Waals surface area contributed by atoms with E-state index in [1.54, 1.807) is 0 Å². The summed E-state index contributed by atoms with van der Waals surface area (Å²) in [4.78, 5) is 0. The first-order valence-corrected chi connectivity index (χ1v) is 3.35. The van der Waals surface area contributed by atoms with Gasteiger partial charge in [-0.1, -0.05) is 0 Å². The second-order valence-electron chi connectivity index (χ2n) is 2.06. The van der Waals surface area contributed by atoms with Crippen molar-refractivity contribution in [3.63, 3.8) is 0 Å². The van der Waals surface area contributed by atoms with Crippen LogP contribution < -0.4 is 0 Å². The van der Waals surface area contributed by atoms with Gasteiger partial charge in [0, 0.05) is 6.61 Å². The SMILES string of the molecule is CCOC1OCC(O)CO1. The molecule has 1 heterocycles. The van der Waals surface area contributed by atoms with Gasteiger partial charge in [0.1, 0.15) is 6.10 Å². The van der Waals surface area contributed by atoms with Crippen LogP contribution in [0.4, 0.5) is 0 Å². The Bertz CT molecular complexity index is 87.7. The van der Waals surface area contributed by atoms with Crippen LogP contribution in [-0.4, -0.2) is 37.5 Å². The van der Waals surface area contributed by atoms with Crippen LogP contribution in [0.1, 0.15) is 6.92 Å². The normalized spacial score (nSPS) is 34.2. The van der Waals surface area contributed by atoms with Gasteiger partial charge in [-0.3, -0.25) is 0 Å². The summed E-state index contributed by atoms with van der Waals surface area (Å²) in [6, 6.07) is 0. The Kier molecular flexibility index (Phi) is 3.08. The molecule has 0 saturated carbocycles. The largest absolute Gasteiger partial charge is 0.388 e. The first-order valence-electron chi connectivity index (χ1n) is 3.35. The molecule has 0 aromatic rings. The van der Waals surface area contributed by atoms with Crippen molar-refractivity contribution in [1.82, 2.24) is 0 Å². The smallest absolute Gasteiger partial charge is 0.271 e. The zero-order valence-corrected chi connectivity index (χ0v) is 5.95. The fourth-order valence-corrected chi connectivity index (χ4v) is 0.708. The second kappa shape index (κ2) is 3.88. The summed E-state index contributed by atoms with van der Waals surface area (Å²) in [5.74, 6) is 0. The molecule has 0 radical (unpaired) electrons. The fourth-order valence-electron chi connectivity index (χ4n) is 0.708. The van der Waals surface area contributed by atoms with Gasteiger partial charge in [0.25, 0.3) is 6.48 Å². The fraction of sp³-hybridized carbons (Fsp3) is 1.00. The van der Waals surface area contributed by atoms with Crippen molar-refractivity contribution in [3.05, 3.63) is 0 Å². The molecule has 60 valence electrons. The van der Waals surface area contributed by atoms with E-state index in [1.807, 2.05) is 6.92 Å². The summed E-state index contributed by atoms with van der Waals surface area (Å²) in [6.45, 7) is 2.43. The highest BCUT2D eigenvalue weighted by molar-refractivity contribution is 4.54. The van der Waals surface area contributed by atoms with Crippen LogP contribution in [0.25, 0.3) is 0 Å². The van der Waals surface area contributed by atoms with E-state index < -0.39 is 12.6 Å². The minimum Gasteiger partial charge on any atom is -0.388 e. The molecule has 1 aliphatic heterocycles. The zero-order valence-electron chi connectivity index (χ0n) is 5.95. The summed E-state index contributed by atoms with van der Waals surface area (Å²) < 4.78 is 14.8. The topological polar surface area (TPSA) is 47.9 Å². The Hall–Kier alpha value is -0.160. The lowest BCUT2D eigenvalue weighted by atomic mass is 10.4. The molecule has 4 nitrogen and oxygen atoms in total. The molecule has 0 aliphatic carbocycles. The number of ether oxygens (including phenoxy) is 3. The van der Waals surface area contributed by atoms with E-state index in [0.717, 1.165) is 0 Å². The number of hydrogen-bond acceptors (Lipinski definition) is 4. The number of aliphatic hydroxyl groups excluding tert-OH is 1. The first-order chi connectivity index (χ1) is 4.83. The molecule has 0 atom stereocenters. The second-order valence-corrected chi connectivity index (χ2v) is 2.06. The van der Waals surface area contributed by atoms with Crippen molar-refractivity contribution < 1.29 is 19.3 Å². The maximum atomic E-state index is 8.89. The highest BCUT2D eigenvalue weighted by Gasteiger charge is 2.19. The molecular weight excluding hydrogens is 136 g/mol. The van der Waals surface area contributed by atoms with E-state index in [4.69, 9.17) is 19.3 Å². The van der Waals surface area contributed by atoms with E-state index in [2.05, 4.69) is 0 Å². The standard InChI is InChI=1S/C6H12O4/c1-2-8-6-9-3-5(7)4-10-6/h5-7H,2-4H2,1H3. The van der Waals surface area contributed by atoms with Crippen LogP contribution in [-0.2, 0) is 14.2 Å². The Morgan fingerprint density at radius 1 is 1.50 bits per heavy atom. The monoisotopic (exact) mass is 148 g/mol. The summed E-state index contributed by atoms with van der Waals surface area (Å²) >= 11 is 0. The summed E-state index contributed by atoms with van der Waals surface area (Å²) in [7, 11) is 0. The van der Waals surface area contributed by atoms with Crippen molar-refractivity contribution in [3.8, 4) is 0 Å². The van der Waals surface area contributed by atoms with Crippen LogP contribution in [0.2, 0.25) is 0 Å². The van der Waals surface area contributed by atoms with E-state index in [9.17, 15) is 0 Å². The summed E-state index contributed by atoms with van der Waals surface area (Å²) in [6.07, 6.45) is -0.503. The average molecular weight is 148 g/mol. The van der Waals surface area contributed by atoms with E-state index in [-0.39, 0.29) is 0 Å². The molecule has 0 aromatic carbocycles. The van der Waals surface area contributed by atoms with Gasteiger partial charge in [0.05, 0.1) is 13.2 Å².